The highest BCUT2D eigenvalue weighted by atomic mass is 35.5. The van der Waals surface area contributed by atoms with E-state index in [1.54, 1.807) is 83.1 Å². The number of nitrogens with zero attached hydrogens (tertiary/aromatic N) is 3. The Hall–Kier alpha value is -3.01. The Morgan fingerprint density at radius 1 is 1.00 bits per heavy atom. The smallest absolute Gasteiger partial charge is 0.324 e. The molecule has 14 atom stereocenters. The maximum Gasteiger partial charge on any atom is 0.324 e. The number of aliphatic hydroxyl groups is 4. The van der Waals surface area contributed by atoms with Gasteiger partial charge >= 0.3 is 12.0 Å². The normalized spacial score (nSPS) is 37.6. The minimum Gasteiger partial charge on any atom is -0.483 e. The van der Waals surface area contributed by atoms with Crippen molar-refractivity contribution < 1.29 is 49.0 Å². The first kappa shape index (κ1) is 46.7. The molecule has 2 fully saturated rings. The number of hydrogen-bond donors (Lipinski definition) is 4. The molecule has 0 spiro atoms. The van der Waals surface area contributed by atoms with Crippen LogP contribution in [-0.4, -0.2) is 136 Å². The molecule has 2 aliphatic heterocycles. The average Bonchev–Trinajstić information content (AvgIpc) is 3.17. The van der Waals surface area contributed by atoms with Crippen LogP contribution in [0.2, 0.25) is 5.02 Å². The Balaban J connectivity index is 1.76. The zero-order chi connectivity index (χ0) is 42.6. The molecule has 13 nitrogen and oxygen atoms in total. The van der Waals surface area contributed by atoms with Crippen LogP contribution in [0.1, 0.15) is 74.7 Å². The molecule has 2 aromatic rings. The monoisotopic (exact) mass is 819 g/mol. The minimum absolute atomic E-state index is 0.176. The molecule has 2 amide bonds. The van der Waals surface area contributed by atoms with Crippen molar-refractivity contribution in [1.82, 2.24) is 9.80 Å². The molecule has 0 radical (unpaired) electrons. The number of hydrogen-bond acceptors (Lipinski definition) is 11. The van der Waals surface area contributed by atoms with E-state index < -0.39 is 84.0 Å². The Labute approximate surface area is 343 Å². The van der Waals surface area contributed by atoms with Crippen molar-refractivity contribution in [1.29, 1.82) is 0 Å². The second-order valence-corrected chi connectivity index (χ2v) is 17.4. The summed E-state index contributed by atoms with van der Waals surface area (Å²) in [5, 5.41) is 47.9. The third-order valence-electron chi connectivity index (χ3n) is 12.1. The number of cyclic esters (lactones) is 1. The standard InChI is InChI=1S/C43H66ClN3O10/c1-12-34-43(8,53)37(49)29(6)45(9)24-25(2)23-42(7,52)38(27(4)35(48)28(5)39(50)56-34)57-40-36(55-32-16-14-13-15-17-32)33(22-26(3)54-40)47(11)41(51)46(10)31-20-18-30(44)19-21-31/h13-21,25-29,33-38,40,48-49,52-53H,12,22-24H2,1-11H3/t25-,26-,27+,28-,29-,33+,34-,35+,36-,37-,38-,40+,42-,43-/m1/s1. The number of esters is 1. The first-order valence-electron chi connectivity index (χ1n) is 20.1. The van der Waals surface area contributed by atoms with Gasteiger partial charge in [-0.15, -0.1) is 0 Å². The highest BCUT2D eigenvalue weighted by molar-refractivity contribution is 6.30. The van der Waals surface area contributed by atoms with Gasteiger partial charge in [-0.1, -0.05) is 50.6 Å². The quantitative estimate of drug-likeness (QED) is 0.267. The second-order valence-electron chi connectivity index (χ2n) is 17.0. The number of ether oxygens (including phenoxy) is 4. The van der Waals surface area contributed by atoms with E-state index in [4.69, 9.17) is 30.5 Å². The van der Waals surface area contributed by atoms with Gasteiger partial charge in [0.1, 0.15) is 23.6 Å². The lowest BCUT2D eigenvalue weighted by atomic mass is 9.78. The molecule has 0 unspecified atom stereocenters. The summed E-state index contributed by atoms with van der Waals surface area (Å²) in [6, 6.07) is 14.6. The van der Waals surface area contributed by atoms with E-state index in [2.05, 4.69) is 0 Å². The molecule has 14 heteroatoms. The van der Waals surface area contributed by atoms with Gasteiger partial charge in [0.15, 0.2) is 12.4 Å². The Kier molecular flexibility index (Phi) is 15.9. The molecule has 320 valence electrons. The summed E-state index contributed by atoms with van der Waals surface area (Å²) in [5.74, 6) is -2.43. The average molecular weight is 820 g/mol. The van der Waals surface area contributed by atoms with E-state index in [0.29, 0.717) is 29.4 Å². The molecule has 2 heterocycles. The summed E-state index contributed by atoms with van der Waals surface area (Å²) in [6.07, 6.45) is -6.56. The fourth-order valence-corrected chi connectivity index (χ4v) is 8.66. The molecule has 0 aliphatic carbocycles. The maximum absolute atomic E-state index is 14.1. The Morgan fingerprint density at radius 3 is 2.21 bits per heavy atom. The Morgan fingerprint density at radius 2 is 1.61 bits per heavy atom. The molecular weight excluding hydrogens is 754 g/mol. The van der Waals surface area contributed by atoms with Crippen LogP contribution in [0.5, 0.6) is 5.75 Å². The van der Waals surface area contributed by atoms with Gasteiger partial charge in [0.25, 0.3) is 0 Å². The lowest BCUT2D eigenvalue weighted by molar-refractivity contribution is -0.293. The van der Waals surface area contributed by atoms with Gasteiger partial charge in [-0.3, -0.25) is 9.69 Å². The molecular formula is C43H66ClN3O10. The molecule has 0 saturated carbocycles. The zero-order valence-corrected chi connectivity index (χ0v) is 36.2. The van der Waals surface area contributed by atoms with Crippen LogP contribution in [0.3, 0.4) is 0 Å². The van der Waals surface area contributed by atoms with Crippen molar-refractivity contribution in [3.63, 3.8) is 0 Å². The lowest BCUT2D eigenvalue weighted by Gasteiger charge is -2.48. The number of carbonyl (C=O) groups excluding carboxylic acids is 2. The number of rotatable bonds is 7. The largest absolute Gasteiger partial charge is 0.483 e. The number of benzene rings is 2. The summed E-state index contributed by atoms with van der Waals surface area (Å²) in [5.41, 5.74) is -2.77. The predicted molar refractivity (Wildman–Crippen MR) is 219 cm³/mol. The summed E-state index contributed by atoms with van der Waals surface area (Å²) in [4.78, 5) is 32.8. The van der Waals surface area contributed by atoms with Crippen LogP contribution in [0.15, 0.2) is 54.6 Å². The number of amides is 2. The topological polar surface area (TPSA) is 162 Å². The van der Waals surface area contributed by atoms with E-state index in [1.165, 1.54) is 18.7 Å². The van der Waals surface area contributed by atoms with E-state index in [0.717, 1.165) is 0 Å². The Bertz CT molecular complexity index is 1600. The van der Waals surface area contributed by atoms with Crippen molar-refractivity contribution in [2.24, 2.45) is 17.8 Å². The number of carbonyl (C=O) groups is 2. The van der Waals surface area contributed by atoms with Crippen molar-refractivity contribution in [3.8, 4) is 5.75 Å². The summed E-state index contributed by atoms with van der Waals surface area (Å²) in [6.45, 7) is 14.1. The second kappa shape index (κ2) is 19.4. The van der Waals surface area contributed by atoms with Crippen LogP contribution in [0, 0.1) is 17.8 Å². The SMILES string of the molecule is CC[C@H]1OC(=O)[C@H](C)[C@@H](O)[C@H](C)[C@@H](O[C@@H]2O[C@H](C)C[C@H](N(C)C(=O)N(C)c3ccc(Cl)cc3)[C@H]2Oc2ccccc2)[C@](C)(O)C[C@@H](C)CN(C)[C@H](C)[C@@H](O)[C@]1(C)O. The molecule has 4 N–H and O–H groups in total. The first-order chi connectivity index (χ1) is 26.6. The van der Waals surface area contributed by atoms with Gasteiger partial charge in [-0.05, 0) is 103 Å². The molecule has 57 heavy (non-hydrogen) atoms. The van der Waals surface area contributed by atoms with E-state index >= 15 is 0 Å². The predicted octanol–water partition coefficient (Wildman–Crippen LogP) is 5.34. The van der Waals surface area contributed by atoms with Crippen molar-refractivity contribution in [2.45, 2.75) is 141 Å². The summed E-state index contributed by atoms with van der Waals surface area (Å²) >= 11 is 6.13. The van der Waals surface area contributed by atoms with Crippen LogP contribution >= 0.6 is 11.6 Å². The fourth-order valence-electron chi connectivity index (χ4n) is 8.53. The van der Waals surface area contributed by atoms with Gasteiger partial charge < -0.3 is 49.2 Å². The van der Waals surface area contributed by atoms with E-state index in [9.17, 15) is 30.0 Å². The minimum atomic E-state index is -1.80. The van der Waals surface area contributed by atoms with Crippen LogP contribution in [-0.2, 0) is 19.0 Å². The third-order valence-corrected chi connectivity index (χ3v) is 12.3. The number of likely N-dealkylation sites (N-methyl/N-ethyl adjacent to an activating group) is 2. The fraction of sp³-hybridized carbons (Fsp3) is 0.674. The van der Waals surface area contributed by atoms with E-state index in [-0.39, 0.29) is 24.8 Å². The highest BCUT2D eigenvalue weighted by Gasteiger charge is 2.51. The maximum atomic E-state index is 14.1. The van der Waals surface area contributed by atoms with Gasteiger partial charge in [0.2, 0.25) is 0 Å². The number of urea groups is 1. The van der Waals surface area contributed by atoms with Crippen LogP contribution < -0.4 is 9.64 Å². The van der Waals surface area contributed by atoms with E-state index in [1.807, 2.05) is 44.0 Å². The molecule has 2 aromatic carbocycles. The molecule has 2 saturated heterocycles. The first-order valence-corrected chi connectivity index (χ1v) is 20.5. The van der Waals surface area contributed by atoms with Crippen molar-refractivity contribution >= 4 is 29.3 Å². The van der Waals surface area contributed by atoms with Gasteiger partial charge in [0, 0.05) is 43.3 Å². The van der Waals surface area contributed by atoms with Crippen molar-refractivity contribution in [3.05, 3.63) is 59.6 Å². The number of para-hydroxylation sites is 1. The van der Waals surface area contributed by atoms with Gasteiger partial charge in [-0.2, -0.15) is 0 Å². The number of anilines is 1. The molecule has 4 rings (SSSR count). The van der Waals surface area contributed by atoms with Crippen LogP contribution in [0.4, 0.5) is 10.5 Å². The summed E-state index contributed by atoms with van der Waals surface area (Å²) < 4.78 is 25.9. The van der Waals surface area contributed by atoms with Crippen LogP contribution in [0.25, 0.3) is 0 Å². The number of aliphatic hydroxyl groups excluding tert-OH is 2. The van der Waals surface area contributed by atoms with Crippen molar-refractivity contribution in [2.75, 3.05) is 32.6 Å². The van der Waals surface area contributed by atoms with Gasteiger partial charge in [-0.25, -0.2) is 4.79 Å². The number of halogens is 1. The summed E-state index contributed by atoms with van der Waals surface area (Å²) in [7, 11) is 5.21. The third kappa shape index (κ3) is 11.0. The zero-order valence-electron chi connectivity index (χ0n) is 35.4. The molecule has 0 bridgehead atoms. The lowest BCUT2D eigenvalue weighted by Crippen LogP contribution is -2.62. The van der Waals surface area contributed by atoms with Gasteiger partial charge in [0.05, 0.1) is 35.9 Å². The highest BCUT2D eigenvalue weighted by Crippen LogP contribution is 2.38. The molecule has 0 aromatic heterocycles. The molecule has 2 aliphatic rings.